The molecule has 0 fully saturated rings. The van der Waals surface area contributed by atoms with Crippen LogP contribution in [0.1, 0.15) is 20.9 Å². The fraction of sp³-hybridized carbons (Fsp3) is 0.231. The predicted octanol–water partition coefficient (Wildman–Crippen LogP) is 3.02. The monoisotopic (exact) mass is 262 g/mol. The van der Waals surface area contributed by atoms with Gasteiger partial charge in [-0.05, 0) is 31.5 Å². The van der Waals surface area contributed by atoms with Crippen LogP contribution in [0.5, 0.6) is 5.75 Å². The van der Waals surface area contributed by atoms with Crippen LogP contribution in [-0.4, -0.2) is 18.0 Å². The molecule has 0 unspecified atom stereocenters. The second kappa shape index (κ2) is 5.18. The molecule has 1 amide bonds. The molecule has 0 bridgehead atoms. The van der Waals surface area contributed by atoms with Crippen LogP contribution in [-0.2, 0) is 0 Å². The molecule has 1 aromatic carbocycles. The standard InChI is InChI=1S/C13H14N2O2S/c1-8-4-5-11(17-3)10(6-8)15-13(16)12-9(2)18-7-14-12/h4-7H,1-3H3,(H,15,16). The number of nitrogens with one attached hydrogen (secondary N) is 1. The molecule has 0 atom stereocenters. The number of rotatable bonds is 3. The minimum absolute atomic E-state index is 0.211. The fourth-order valence-corrected chi connectivity index (χ4v) is 2.20. The van der Waals surface area contributed by atoms with E-state index in [-0.39, 0.29) is 5.91 Å². The number of hydrogen-bond donors (Lipinski definition) is 1. The molecular weight excluding hydrogens is 248 g/mol. The minimum Gasteiger partial charge on any atom is -0.495 e. The Morgan fingerprint density at radius 1 is 1.39 bits per heavy atom. The molecule has 0 aliphatic carbocycles. The zero-order valence-electron chi connectivity index (χ0n) is 10.5. The highest BCUT2D eigenvalue weighted by Crippen LogP contribution is 2.26. The average Bonchev–Trinajstić information content (AvgIpc) is 2.76. The van der Waals surface area contributed by atoms with E-state index >= 15 is 0 Å². The SMILES string of the molecule is COc1ccc(C)cc1NC(=O)c1ncsc1C. The zero-order chi connectivity index (χ0) is 13.1. The van der Waals surface area contributed by atoms with E-state index in [0.29, 0.717) is 17.1 Å². The van der Waals surface area contributed by atoms with Gasteiger partial charge in [0.15, 0.2) is 0 Å². The van der Waals surface area contributed by atoms with Gasteiger partial charge in [0.05, 0.1) is 18.3 Å². The predicted molar refractivity (Wildman–Crippen MR) is 72.5 cm³/mol. The van der Waals surface area contributed by atoms with E-state index in [0.717, 1.165) is 10.4 Å². The number of ether oxygens (including phenoxy) is 1. The first-order valence-corrected chi connectivity index (χ1v) is 6.36. The van der Waals surface area contributed by atoms with Crippen LogP contribution in [0.15, 0.2) is 23.7 Å². The van der Waals surface area contributed by atoms with Gasteiger partial charge in [0.2, 0.25) is 0 Å². The molecule has 1 heterocycles. The number of amides is 1. The molecule has 0 radical (unpaired) electrons. The van der Waals surface area contributed by atoms with Crippen molar-refractivity contribution in [2.24, 2.45) is 0 Å². The number of thiazole rings is 1. The lowest BCUT2D eigenvalue weighted by Gasteiger charge is -2.10. The average molecular weight is 262 g/mol. The van der Waals surface area contributed by atoms with Crippen molar-refractivity contribution in [1.82, 2.24) is 4.98 Å². The molecule has 1 N–H and O–H groups in total. The topological polar surface area (TPSA) is 51.2 Å². The van der Waals surface area contributed by atoms with Gasteiger partial charge in [-0.25, -0.2) is 4.98 Å². The summed E-state index contributed by atoms with van der Waals surface area (Å²) in [6.45, 7) is 3.84. The maximum Gasteiger partial charge on any atom is 0.275 e. The van der Waals surface area contributed by atoms with E-state index in [9.17, 15) is 4.79 Å². The molecule has 94 valence electrons. The summed E-state index contributed by atoms with van der Waals surface area (Å²) in [6, 6.07) is 5.64. The van der Waals surface area contributed by atoms with E-state index < -0.39 is 0 Å². The number of aromatic nitrogens is 1. The number of anilines is 1. The Hall–Kier alpha value is -1.88. The summed E-state index contributed by atoms with van der Waals surface area (Å²) in [5.74, 6) is 0.430. The summed E-state index contributed by atoms with van der Waals surface area (Å²) >= 11 is 1.45. The molecule has 0 saturated carbocycles. The van der Waals surface area contributed by atoms with E-state index in [1.165, 1.54) is 11.3 Å². The van der Waals surface area contributed by atoms with E-state index in [1.807, 2.05) is 32.0 Å². The lowest BCUT2D eigenvalue weighted by Crippen LogP contribution is -2.14. The van der Waals surface area contributed by atoms with Crippen molar-refractivity contribution in [3.8, 4) is 5.75 Å². The maximum atomic E-state index is 12.1. The lowest BCUT2D eigenvalue weighted by molar-refractivity contribution is 0.102. The molecule has 18 heavy (non-hydrogen) atoms. The van der Waals surface area contributed by atoms with E-state index in [4.69, 9.17) is 4.74 Å². The Labute approximate surface area is 110 Å². The number of nitrogens with zero attached hydrogens (tertiary/aromatic N) is 1. The van der Waals surface area contributed by atoms with Crippen LogP contribution in [0, 0.1) is 13.8 Å². The highest BCUT2D eigenvalue weighted by molar-refractivity contribution is 7.09. The molecule has 0 saturated heterocycles. The first-order valence-electron chi connectivity index (χ1n) is 5.48. The van der Waals surface area contributed by atoms with Gasteiger partial charge >= 0.3 is 0 Å². The molecular formula is C13H14N2O2S. The van der Waals surface area contributed by atoms with Gasteiger partial charge in [-0.15, -0.1) is 11.3 Å². The highest BCUT2D eigenvalue weighted by atomic mass is 32.1. The second-order valence-corrected chi connectivity index (χ2v) is 4.97. The van der Waals surface area contributed by atoms with Crippen LogP contribution < -0.4 is 10.1 Å². The van der Waals surface area contributed by atoms with Crippen LogP contribution in [0.3, 0.4) is 0 Å². The smallest absolute Gasteiger partial charge is 0.275 e. The van der Waals surface area contributed by atoms with Crippen LogP contribution in [0.25, 0.3) is 0 Å². The molecule has 1 aromatic heterocycles. The van der Waals surface area contributed by atoms with Crippen molar-refractivity contribution < 1.29 is 9.53 Å². The lowest BCUT2D eigenvalue weighted by atomic mass is 10.2. The second-order valence-electron chi connectivity index (χ2n) is 3.92. The number of aryl methyl sites for hydroxylation is 2. The van der Waals surface area contributed by atoms with Crippen LogP contribution in [0.2, 0.25) is 0 Å². The van der Waals surface area contributed by atoms with Gasteiger partial charge in [0.1, 0.15) is 11.4 Å². The van der Waals surface area contributed by atoms with Crippen molar-refractivity contribution in [2.45, 2.75) is 13.8 Å². The Bertz CT molecular complexity index is 578. The van der Waals surface area contributed by atoms with Gasteiger partial charge < -0.3 is 10.1 Å². The van der Waals surface area contributed by atoms with Crippen molar-refractivity contribution in [2.75, 3.05) is 12.4 Å². The fourth-order valence-electron chi connectivity index (χ4n) is 1.62. The quantitative estimate of drug-likeness (QED) is 0.925. The molecule has 0 aliphatic rings. The van der Waals surface area contributed by atoms with Gasteiger partial charge in [-0.3, -0.25) is 4.79 Å². The largest absolute Gasteiger partial charge is 0.495 e. The molecule has 2 rings (SSSR count). The van der Waals surface area contributed by atoms with Crippen molar-refractivity contribution in [1.29, 1.82) is 0 Å². The molecule has 0 spiro atoms. The van der Waals surface area contributed by atoms with Gasteiger partial charge in [-0.2, -0.15) is 0 Å². The third kappa shape index (κ3) is 2.51. The Morgan fingerprint density at radius 2 is 2.17 bits per heavy atom. The molecule has 2 aromatic rings. The molecule has 4 nitrogen and oxygen atoms in total. The minimum atomic E-state index is -0.211. The van der Waals surface area contributed by atoms with E-state index in [1.54, 1.807) is 12.6 Å². The van der Waals surface area contributed by atoms with Gasteiger partial charge in [-0.1, -0.05) is 6.07 Å². The molecule has 5 heteroatoms. The maximum absolute atomic E-state index is 12.1. The van der Waals surface area contributed by atoms with Crippen molar-refractivity contribution >= 4 is 22.9 Å². The Morgan fingerprint density at radius 3 is 2.78 bits per heavy atom. The normalized spacial score (nSPS) is 10.2. The Kier molecular flexibility index (Phi) is 3.62. The van der Waals surface area contributed by atoms with Gasteiger partial charge in [0.25, 0.3) is 5.91 Å². The highest BCUT2D eigenvalue weighted by Gasteiger charge is 2.14. The summed E-state index contributed by atoms with van der Waals surface area (Å²) < 4.78 is 5.22. The zero-order valence-corrected chi connectivity index (χ0v) is 11.3. The number of benzene rings is 1. The summed E-state index contributed by atoms with van der Waals surface area (Å²) in [5.41, 5.74) is 3.84. The van der Waals surface area contributed by atoms with Crippen molar-refractivity contribution in [3.05, 3.63) is 39.8 Å². The summed E-state index contributed by atoms with van der Waals surface area (Å²) in [7, 11) is 1.58. The number of methoxy groups -OCH3 is 1. The first kappa shape index (κ1) is 12.6. The van der Waals surface area contributed by atoms with Crippen molar-refractivity contribution in [3.63, 3.8) is 0 Å². The molecule has 0 aliphatic heterocycles. The Balaban J connectivity index is 2.27. The third-order valence-corrected chi connectivity index (χ3v) is 3.32. The summed E-state index contributed by atoms with van der Waals surface area (Å²) in [4.78, 5) is 17.0. The van der Waals surface area contributed by atoms with Gasteiger partial charge in [0, 0.05) is 4.88 Å². The van der Waals surface area contributed by atoms with Crippen LogP contribution >= 0.6 is 11.3 Å². The number of hydrogen-bond acceptors (Lipinski definition) is 4. The third-order valence-electron chi connectivity index (χ3n) is 2.56. The summed E-state index contributed by atoms with van der Waals surface area (Å²) in [5, 5.41) is 2.83. The van der Waals surface area contributed by atoms with E-state index in [2.05, 4.69) is 10.3 Å². The van der Waals surface area contributed by atoms with Crippen LogP contribution in [0.4, 0.5) is 5.69 Å². The number of carbonyl (C=O) groups excluding carboxylic acids is 1. The number of carbonyl (C=O) groups is 1. The first-order chi connectivity index (χ1) is 8.61. The summed E-state index contributed by atoms with van der Waals surface area (Å²) in [6.07, 6.45) is 0.